The normalized spacial score (nSPS) is 27.9. The SMILES string of the molecule is COc1ccc(CCC2CCN(C(=O)C3CSC4(C)CCC(=O)N34)CC2)cc1. The van der Waals surface area contributed by atoms with E-state index in [2.05, 4.69) is 19.1 Å². The number of amides is 2. The largest absolute Gasteiger partial charge is 0.497 e. The van der Waals surface area contributed by atoms with Crippen molar-refractivity contribution >= 4 is 23.6 Å². The molecular formula is C22H30N2O3S. The second-order valence-corrected chi connectivity index (χ2v) is 9.92. The van der Waals surface area contributed by atoms with Crippen molar-refractivity contribution in [3.8, 4) is 5.75 Å². The summed E-state index contributed by atoms with van der Waals surface area (Å²) in [5.41, 5.74) is 1.34. The van der Waals surface area contributed by atoms with Gasteiger partial charge in [0, 0.05) is 25.3 Å². The number of hydrogen-bond acceptors (Lipinski definition) is 4. The smallest absolute Gasteiger partial charge is 0.246 e. The van der Waals surface area contributed by atoms with Crippen molar-refractivity contribution in [2.75, 3.05) is 26.0 Å². The molecule has 0 saturated carbocycles. The van der Waals surface area contributed by atoms with Crippen molar-refractivity contribution in [3.05, 3.63) is 29.8 Å². The number of piperidine rings is 1. The first kappa shape index (κ1) is 19.6. The lowest BCUT2D eigenvalue weighted by Crippen LogP contribution is -2.52. The number of rotatable bonds is 5. The number of hydrogen-bond donors (Lipinski definition) is 0. The van der Waals surface area contributed by atoms with Gasteiger partial charge in [0.2, 0.25) is 11.8 Å². The summed E-state index contributed by atoms with van der Waals surface area (Å²) >= 11 is 1.78. The average Bonchev–Trinajstić information content (AvgIpc) is 3.22. The molecule has 1 aromatic rings. The third kappa shape index (κ3) is 3.76. The van der Waals surface area contributed by atoms with Gasteiger partial charge in [-0.15, -0.1) is 11.8 Å². The molecule has 2 amide bonds. The van der Waals surface area contributed by atoms with Gasteiger partial charge in [-0.25, -0.2) is 0 Å². The van der Waals surface area contributed by atoms with E-state index in [0.29, 0.717) is 12.3 Å². The number of likely N-dealkylation sites (tertiary alicyclic amines) is 1. The van der Waals surface area contributed by atoms with Gasteiger partial charge in [-0.05, 0) is 62.6 Å². The number of benzene rings is 1. The van der Waals surface area contributed by atoms with Crippen LogP contribution in [-0.4, -0.2) is 58.5 Å². The molecule has 0 bridgehead atoms. The Balaban J connectivity index is 1.27. The van der Waals surface area contributed by atoms with Crippen LogP contribution in [-0.2, 0) is 16.0 Å². The highest BCUT2D eigenvalue weighted by Crippen LogP contribution is 2.47. The number of nitrogens with zero attached hydrogens (tertiary/aromatic N) is 2. The second kappa shape index (κ2) is 7.97. The van der Waals surface area contributed by atoms with Crippen LogP contribution in [0.4, 0.5) is 0 Å². The highest BCUT2D eigenvalue weighted by molar-refractivity contribution is 8.01. The molecule has 0 aromatic heterocycles. The lowest BCUT2D eigenvalue weighted by atomic mass is 9.90. The third-order valence-corrected chi connectivity index (χ3v) is 8.16. The summed E-state index contributed by atoms with van der Waals surface area (Å²) in [5, 5.41) is 0. The Bertz CT molecular complexity index is 730. The maximum Gasteiger partial charge on any atom is 0.246 e. The topological polar surface area (TPSA) is 49.9 Å². The summed E-state index contributed by atoms with van der Waals surface area (Å²) in [6.07, 6.45) is 5.81. The Morgan fingerprint density at radius 3 is 2.64 bits per heavy atom. The van der Waals surface area contributed by atoms with E-state index in [1.165, 1.54) is 5.56 Å². The van der Waals surface area contributed by atoms with E-state index in [1.54, 1.807) is 18.9 Å². The maximum absolute atomic E-state index is 13.1. The van der Waals surface area contributed by atoms with Gasteiger partial charge < -0.3 is 14.5 Å². The molecule has 4 rings (SSSR count). The highest BCUT2D eigenvalue weighted by Gasteiger charge is 2.53. The van der Waals surface area contributed by atoms with Crippen LogP contribution in [0.2, 0.25) is 0 Å². The van der Waals surface area contributed by atoms with Crippen LogP contribution in [0.25, 0.3) is 0 Å². The van der Waals surface area contributed by atoms with E-state index in [1.807, 2.05) is 21.9 Å². The Morgan fingerprint density at radius 2 is 1.96 bits per heavy atom. The molecule has 2 unspecified atom stereocenters. The van der Waals surface area contributed by atoms with Crippen LogP contribution >= 0.6 is 11.8 Å². The summed E-state index contributed by atoms with van der Waals surface area (Å²) in [4.78, 5) is 29.1. The predicted molar refractivity (Wildman–Crippen MR) is 111 cm³/mol. The van der Waals surface area contributed by atoms with Gasteiger partial charge >= 0.3 is 0 Å². The Hall–Kier alpha value is -1.69. The minimum atomic E-state index is -0.249. The van der Waals surface area contributed by atoms with Crippen LogP contribution in [0.3, 0.4) is 0 Å². The number of thioether (sulfide) groups is 1. The number of methoxy groups -OCH3 is 1. The first-order chi connectivity index (χ1) is 13.5. The van der Waals surface area contributed by atoms with Gasteiger partial charge in [0.25, 0.3) is 0 Å². The molecule has 3 fully saturated rings. The van der Waals surface area contributed by atoms with Crippen molar-refractivity contribution in [2.24, 2.45) is 5.92 Å². The Morgan fingerprint density at radius 1 is 1.25 bits per heavy atom. The van der Waals surface area contributed by atoms with Crippen LogP contribution in [0.5, 0.6) is 5.75 Å². The Kier molecular flexibility index (Phi) is 5.59. The maximum atomic E-state index is 13.1. The van der Waals surface area contributed by atoms with Crippen molar-refractivity contribution < 1.29 is 14.3 Å². The van der Waals surface area contributed by atoms with Gasteiger partial charge in [0.15, 0.2) is 0 Å². The number of carbonyl (C=O) groups excluding carboxylic acids is 2. The zero-order chi connectivity index (χ0) is 19.7. The quantitative estimate of drug-likeness (QED) is 0.758. The summed E-state index contributed by atoms with van der Waals surface area (Å²) in [7, 11) is 1.69. The summed E-state index contributed by atoms with van der Waals surface area (Å²) < 4.78 is 5.22. The van der Waals surface area contributed by atoms with E-state index in [0.717, 1.165) is 56.7 Å². The summed E-state index contributed by atoms with van der Waals surface area (Å²) in [5.74, 6) is 2.63. The number of fused-ring (bicyclic) bond motifs is 1. The first-order valence-electron chi connectivity index (χ1n) is 10.4. The van der Waals surface area contributed by atoms with Crippen molar-refractivity contribution in [1.82, 2.24) is 9.80 Å². The molecule has 3 aliphatic heterocycles. The zero-order valence-electron chi connectivity index (χ0n) is 16.9. The molecule has 2 atom stereocenters. The molecular weight excluding hydrogens is 372 g/mol. The fourth-order valence-corrected chi connectivity index (χ4v) is 6.24. The van der Waals surface area contributed by atoms with Gasteiger partial charge in [-0.3, -0.25) is 9.59 Å². The zero-order valence-corrected chi connectivity index (χ0v) is 17.7. The molecule has 0 radical (unpaired) electrons. The molecule has 0 N–H and O–H groups in total. The van der Waals surface area contributed by atoms with Crippen molar-refractivity contribution in [2.45, 2.75) is 56.4 Å². The monoisotopic (exact) mass is 402 g/mol. The second-order valence-electron chi connectivity index (χ2n) is 8.42. The van der Waals surface area contributed by atoms with Gasteiger partial charge in [-0.1, -0.05) is 12.1 Å². The van der Waals surface area contributed by atoms with Gasteiger partial charge in [0.05, 0.1) is 12.0 Å². The summed E-state index contributed by atoms with van der Waals surface area (Å²) in [6.45, 7) is 3.76. The molecule has 152 valence electrons. The predicted octanol–water partition coefficient (Wildman–Crippen LogP) is 3.32. The lowest BCUT2D eigenvalue weighted by molar-refractivity contribution is -0.144. The van der Waals surface area contributed by atoms with Gasteiger partial charge in [0.1, 0.15) is 11.8 Å². The molecule has 5 nitrogen and oxygen atoms in total. The van der Waals surface area contributed by atoms with Crippen molar-refractivity contribution in [1.29, 1.82) is 0 Å². The van der Waals surface area contributed by atoms with E-state index in [4.69, 9.17) is 4.74 Å². The minimum Gasteiger partial charge on any atom is -0.497 e. The number of aryl methyl sites for hydroxylation is 1. The van der Waals surface area contributed by atoms with E-state index in [-0.39, 0.29) is 22.7 Å². The molecule has 3 aliphatic rings. The number of carbonyl (C=O) groups is 2. The van der Waals surface area contributed by atoms with E-state index in [9.17, 15) is 9.59 Å². The average molecular weight is 403 g/mol. The molecule has 6 heteroatoms. The first-order valence-corrected chi connectivity index (χ1v) is 11.4. The highest BCUT2D eigenvalue weighted by atomic mass is 32.2. The third-order valence-electron chi connectivity index (χ3n) is 6.66. The van der Waals surface area contributed by atoms with E-state index >= 15 is 0 Å². The fourth-order valence-electron chi connectivity index (χ4n) is 4.82. The molecule has 0 aliphatic carbocycles. The van der Waals surface area contributed by atoms with Crippen LogP contribution in [0, 0.1) is 5.92 Å². The van der Waals surface area contributed by atoms with E-state index < -0.39 is 0 Å². The Labute approximate surface area is 171 Å². The van der Waals surface area contributed by atoms with Gasteiger partial charge in [-0.2, -0.15) is 0 Å². The van der Waals surface area contributed by atoms with Crippen LogP contribution < -0.4 is 4.74 Å². The lowest BCUT2D eigenvalue weighted by Gasteiger charge is -2.36. The van der Waals surface area contributed by atoms with Crippen LogP contribution in [0.1, 0.15) is 44.6 Å². The fraction of sp³-hybridized carbons (Fsp3) is 0.636. The van der Waals surface area contributed by atoms with Crippen molar-refractivity contribution in [3.63, 3.8) is 0 Å². The molecule has 28 heavy (non-hydrogen) atoms. The summed E-state index contributed by atoms with van der Waals surface area (Å²) in [6, 6.07) is 8.06. The molecule has 3 heterocycles. The molecule has 0 spiro atoms. The number of ether oxygens (including phenoxy) is 1. The minimum absolute atomic E-state index is 0.153. The molecule has 3 saturated heterocycles. The van der Waals surface area contributed by atoms with Crippen LogP contribution in [0.15, 0.2) is 24.3 Å². The standard InChI is InChI=1S/C22H30N2O3S/c1-22-12-9-20(25)24(22)19(15-28-22)21(26)23-13-10-17(11-14-23)4-3-16-5-7-18(27-2)8-6-16/h5-8,17,19H,3-4,9-15H2,1-2H3. The molecule has 1 aromatic carbocycles.